The van der Waals surface area contributed by atoms with Gasteiger partial charge in [0.2, 0.25) is 11.8 Å². The van der Waals surface area contributed by atoms with Gasteiger partial charge in [-0.3, -0.25) is 14.2 Å². The van der Waals surface area contributed by atoms with Crippen LogP contribution in [0.4, 0.5) is 0 Å². The molecule has 3 aromatic heterocycles. The van der Waals surface area contributed by atoms with Crippen molar-refractivity contribution < 1.29 is 9.21 Å². The summed E-state index contributed by atoms with van der Waals surface area (Å²) in [4.78, 5) is 12.0. The van der Waals surface area contributed by atoms with Crippen LogP contribution in [-0.2, 0) is 24.8 Å². The molecule has 0 aliphatic carbocycles. The van der Waals surface area contributed by atoms with Crippen molar-refractivity contribution in [2.75, 3.05) is 6.54 Å². The maximum Gasteiger partial charge on any atom is 0.265 e. The van der Waals surface area contributed by atoms with Crippen molar-refractivity contribution in [3.8, 4) is 11.6 Å². The number of aryl methyl sites for hydroxylation is 5. The van der Waals surface area contributed by atoms with Crippen LogP contribution in [0.1, 0.15) is 29.4 Å². The average molecular weight is 357 g/mol. The Morgan fingerprint density at radius 1 is 1.15 bits per heavy atom. The van der Waals surface area contributed by atoms with Gasteiger partial charge in [0.25, 0.3) is 5.89 Å². The molecule has 9 heteroatoms. The molecule has 0 spiro atoms. The van der Waals surface area contributed by atoms with Crippen molar-refractivity contribution in [1.82, 2.24) is 35.1 Å². The van der Waals surface area contributed by atoms with E-state index in [-0.39, 0.29) is 5.91 Å². The van der Waals surface area contributed by atoms with Gasteiger partial charge in [0.05, 0.1) is 17.9 Å². The summed E-state index contributed by atoms with van der Waals surface area (Å²) in [5.74, 6) is 0.795. The summed E-state index contributed by atoms with van der Waals surface area (Å²) in [6.45, 7) is 7.03. The summed E-state index contributed by atoms with van der Waals surface area (Å²) in [6, 6.07) is 3.89. The first-order valence-corrected chi connectivity index (χ1v) is 8.53. The molecule has 0 aliphatic heterocycles. The molecular formula is C17H23N7O2. The first-order chi connectivity index (χ1) is 12.4. The monoisotopic (exact) mass is 357 g/mol. The van der Waals surface area contributed by atoms with Gasteiger partial charge in [-0.2, -0.15) is 10.2 Å². The quantitative estimate of drug-likeness (QED) is 0.684. The second kappa shape index (κ2) is 7.51. The van der Waals surface area contributed by atoms with Crippen molar-refractivity contribution in [3.63, 3.8) is 0 Å². The molecule has 0 radical (unpaired) electrons. The molecule has 0 aliphatic rings. The molecule has 9 nitrogen and oxygen atoms in total. The molecule has 3 aromatic rings. The van der Waals surface area contributed by atoms with Crippen LogP contribution in [0.2, 0.25) is 0 Å². The predicted molar refractivity (Wildman–Crippen MR) is 94.3 cm³/mol. The van der Waals surface area contributed by atoms with E-state index in [9.17, 15) is 4.79 Å². The average Bonchev–Trinajstić information content (AvgIpc) is 3.25. The van der Waals surface area contributed by atoms with Crippen LogP contribution >= 0.6 is 0 Å². The molecule has 0 saturated heterocycles. The fraction of sp³-hybridized carbons (Fsp3) is 0.471. The molecule has 0 unspecified atom stereocenters. The highest BCUT2D eigenvalue weighted by Crippen LogP contribution is 2.18. The van der Waals surface area contributed by atoms with Gasteiger partial charge in [-0.25, -0.2) is 0 Å². The van der Waals surface area contributed by atoms with Gasteiger partial charge < -0.3 is 9.73 Å². The number of amides is 1. The van der Waals surface area contributed by atoms with Crippen molar-refractivity contribution >= 4 is 5.91 Å². The minimum atomic E-state index is -0.0531. The Kier molecular flexibility index (Phi) is 5.15. The lowest BCUT2D eigenvalue weighted by molar-refractivity contribution is -0.121. The molecule has 138 valence electrons. The second-order valence-corrected chi connectivity index (χ2v) is 6.30. The van der Waals surface area contributed by atoms with E-state index in [1.54, 1.807) is 4.68 Å². The molecule has 0 atom stereocenters. The van der Waals surface area contributed by atoms with E-state index in [1.165, 1.54) is 0 Å². The minimum absolute atomic E-state index is 0.0531. The van der Waals surface area contributed by atoms with Gasteiger partial charge in [0.1, 0.15) is 5.69 Å². The highest BCUT2D eigenvalue weighted by Gasteiger charge is 2.14. The van der Waals surface area contributed by atoms with Crippen molar-refractivity contribution in [3.05, 3.63) is 35.1 Å². The largest absolute Gasteiger partial charge is 0.419 e. The topological polar surface area (TPSA) is 104 Å². The number of nitrogens with zero attached hydrogens (tertiary/aromatic N) is 6. The van der Waals surface area contributed by atoms with Crippen LogP contribution in [0.5, 0.6) is 0 Å². The molecule has 1 N–H and O–H groups in total. The number of carbonyl (C=O) groups excluding carboxylic acids is 1. The normalized spacial score (nSPS) is 11.1. The van der Waals surface area contributed by atoms with Gasteiger partial charge in [-0.15, -0.1) is 10.2 Å². The maximum absolute atomic E-state index is 12.0. The fourth-order valence-electron chi connectivity index (χ4n) is 2.78. The molecule has 1 amide bonds. The molecule has 0 fully saturated rings. The Morgan fingerprint density at radius 3 is 2.58 bits per heavy atom. The fourth-order valence-corrected chi connectivity index (χ4v) is 2.78. The summed E-state index contributed by atoms with van der Waals surface area (Å²) >= 11 is 0. The van der Waals surface area contributed by atoms with Crippen LogP contribution in [0, 0.1) is 20.8 Å². The molecule has 0 aromatic carbocycles. The number of hydrogen-bond acceptors (Lipinski definition) is 6. The van der Waals surface area contributed by atoms with Gasteiger partial charge in [-0.1, -0.05) is 0 Å². The van der Waals surface area contributed by atoms with Gasteiger partial charge >= 0.3 is 0 Å². The third-order valence-corrected chi connectivity index (χ3v) is 4.00. The van der Waals surface area contributed by atoms with Crippen molar-refractivity contribution in [1.29, 1.82) is 0 Å². The van der Waals surface area contributed by atoms with Gasteiger partial charge in [-0.05, 0) is 32.9 Å². The number of nitrogens with one attached hydrogen (secondary N) is 1. The molecule has 3 rings (SSSR count). The predicted octanol–water partition coefficient (Wildman–Crippen LogP) is 1.34. The molecular weight excluding hydrogens is 334 g/mol. The smallest absolute Gasteiger partial charge is 0.265 e. The lowest BCUT2D eigenvalue weighted by Crippen LogP contribution is -2.28. The highest BCUT2D eigenvalue weighted by molar-refractivity contribution is 5.75. The number of hydrogen-bond donors (Lipinski definition) is 1. The van der Waals surface area contributed by atoms with Gasteiger partial charge in [0.15, 0.2) is 0 Å². The summed E-state index contributed by atoms with van der Waals surface area (Å²) < 4.78 is 9.21. The van der Waals surface area contributed by atoms with E-state index in [0.29, 0.717) is 37.7 Å². The summed E-state index contributed by atoms with van der Waals surface area (Å²) in [6.07, 6.45) is 0.693. The number of rotatable bonds is 7. The zero-order valence-electron chi connectivity index (χ0n) is 15.5. The molecule has 0 saturated carbocycles. The second-order valence-electron chi connectivity index (χ2n) is 6.30. The SMILES string of the molecule is Cc1cc(-c2nnc(CCC(=O)NCCn3nc(C)cc3C)o2)n(C)n1. The zero-order valence-corrected chi connectivity index (χ0v) is 15.5. The number of aromatic nitrogens is 6. The molecule has 0 bridgehead atoms. The van der Waals surface area contributed by atoms with E-state index in [0.717, 1.165) is 22.8 Å². The summed E-state index contributed by atoms with van der Waals surface area (Å²) in [5.41, 5.74) is 3.70. The lowest BCUT2D eigenvalue weighted by atomic mass is 10.3. The number of carbonyl (C=O) groups is 1. The Balaban J connectivity index is 1.46. The van der Waals surface area contributed by atoms with E-state index < -0.39 is 0 Å². The Labute approximate surface area is 151 Å². The van der Waals surface area contributed by atoms with Gasteiger partial charge in [0, 0.05) is 32.1 Å². The van der Waals surface area contributed by atoms with E-state index >= 15 is 0 Å². The van der Waals surface area contributed by atoms with Crippen LogP contribution in [0.3, 0.4) is 0 Å². The third-order valence-electron chi connectivity index (χ3n) is 4.00. The Bertz CT molecular complexity index is 906. The summed E-state index contributed by atoms with van der Waals surface area (Å²) in [5, 5.41) is 19.5. The van der Waals surface area contributed by atoms with Crippen LogP contribution in [0.15, 0.2) is 16.5 Å². The zero-order chi connectivity index (χ0) is 18.7. The maximum atomic E-state index is 12.0. The van der Waals surface area contributed by atoms with E-state index in [1.807, 2.05) is 44.6 Å². The highest BCUT2D eigenvalue weighted by atomic mass is 16.4. The van der Waals surface area contributed by atoms with Crippen LogP contribution < -0.4 is 5.32 Å². The van der Waals surface area contributed by atoms with Crippen molar-refractivity contribution in [2.24, 2.45) is 7.05 Å². The summed E-state index contributed by atoms with van der Waals surface area (Å²) in [7, 11) is 1.82. The minimum Gasteiger partial charge on any atom is -0.419 e. The molecule has 26 heavy (non-hydrogen) atoms. The van der Waals surface area contributed by atoms with E-state index in [2.05, 4.69) is 25.7 Å². The van der Waals surface area contributed by atoms with E-state index in [4.69, 9.17) is 4.42 Å². The van der Waals surface area contributed by atoms with Crippen LogP contribution in [0.25, 0.3) is 11.6 Å². The first-order valence-electron chi connectivity index (χ1n) is 8.53. The third kappa shape index (κ3) is 4.16. The molecule has 3 heterocycles. The Morgan fingerprint density at radius 2 is 1.92 bits per heavy atom. The van der Waals surface area contributed by atoms with Crippen LogP contribution in [-0.4, -0.2) is 42.2 Å². The standard InChI is InChI=1S/C17H23N7O2/c1-11-9-13(3)24(22-11)8-7-18-15(25)5-6-16-19-20-17(26-16)14-10-12(2)21-23(14)4/h9-10H,5-8H2,1-4H3,(H,18,25). The lowest BCUT2D eigenvalue weighted by Gasteiger charge is -2.06. The van der Waals surface area contributed by atoms with Crippen molar-refractivity contribution in [2.45, 2.75) is 40.2 Å². The first kappa shape index (κ1) is 17.8. The Hall–Kier alpha value is -2.97.